The molecule has 0 bridgehead atoms. The molecule has 0 fully saturated rings. The quantitative estimate of drug-likeness (QED) is 0.797. The van der Waals surface area contributed by atoms with Crippen molar-refractivity contribution in [2.24, 2.45) is 0 Å². The molecule has 0 amide bonds. The summed E-state index contributed by atoms with van der Waals surface area (Å²) in [5.74, 6) is -0.402. The minimum Gasteiger partial charge on any atom is -0.508 e. The van der Waals surface area contributed by atoms with E-state index in [1.165, 1.54) is 30.3 Å². The maximum atomic E-state index is 13.5. The first kappa shape index (κ1) is 11.5. The summed E-state index contributed by atoms with van der Waals surface area (Å²) in [7, 11) is 0. The minimum atomic E-state index is -0.426. The number of carbonyl (C=O) groups is 1. The summed E-state index contributed by atoms with van der Waals surface area (Å²) in [6.07, 6.45) is 1.36. The van der Waals surface area contributed by atoms with Crippen molar-refractivity contribution in [2.45, 2.75) is 0 Å². The number of hydrogen-bond donors (Lipinski definition) is 1. The van der Waals surface area contributed by atoms with Crippen molar-refractivity contribution in [1.82, 2.24) is 0 Å². The first-order chi connectivity index (χ1) is 9.15. The van der Waals surface area contributed by atoms with Gasteiger partial charge in [0.25, 0.3) is 0 Å². The van der Waals surface area contributed by atoms with E-state index in [2.05, 4.69) is 0 Å². The zero-order valence-corrected chi connectivity index (χ0v) is 9.76. The Balaban J connectivity index is 2.02. The molecule has 4 heteroatoms. The largest absolute Gasteiger partial charge is 0.508 e. The van der Waals surface area contributed by atoms with Gasteiger partial charge in [-0.2, -0.15) is 0 Å². The molecule has 1 aliphatic rings. The average Bonchev–Trinajstić information content (AvgIpc) is 2.68. The topological polar surface area (TPSA) is 46.5 Å². The van der Waals surface area contributed by atoms with Crippen molar-refractivity contribution >= 4 is 11.9 Å². The smallest absolute Gasteiger partial charge is 0.231 e. The normalized spacial score (nSPS) is 15.4. The van der Waals surface area contributed by atoms with Crippen LogP contribution < -0.4 is 4.74 Å². The molecule has 1 N–H and O–H groups in total. The number of halogens is 1. The van der Waals surface area contributed by atoms with Gasteiger partial charge in [0.2, 0.25) is 5.78 Å². The number of phenols is 1. The lowest BCUT2D eigenvalue weighted by Gasteiger charge is -1.99. The number of carbonyl (C=O) groups excluding carboxylic acids is 1. The third kappa shape index (κ3) is 1.97. The van der Waals surface area contributed by atoms with E-state index in [0.717, 1.165) is 0 Å². The molecule has 0 radical (unpaired) electrons. The highest BCUT2D eigenvalue weighted by molar-refractivity contribution is 6.14. The van der Waals surface area contributed by atoms with E-state index in [1.807, 2.05) is 0 Å². The highest BCUT2D eigenvalue weighted by Crippen LogP contribution is 2.34. The van der Waals surface area contributed by atoms with Gasteiger partial charge in [-0.15, -0.1) is 0 Å². The first-order valence-electron chi connectivity index (χ1n) is 5.67. The molecule has 2 aromatic carbocycles. The number of allylic oxidation sites excluding steroid dienone is 1. The lowest BCUT2D eigenvalue weighted by atomic mass is 10.1. The Morgan fingerprint density at radius 3 is 2.74 bits per heavy atom. The summed E-state index contributed by atoms with van der Waals surface area (Å²) in [5, 5.41) is 9.33. The van der Waals surface area contributed by atoms with Crippen LogP contribution in [0.2, 0.25) is 0 Å². The van der Waals surface area contributed by atoms with E-state index in [-0.39, 0.29) is 28.6 Å². The molecule has 3 rings (SSSR count). The van der Waals surface area contributed by atoms with Crippen LogP contribution in [0.25, 0.3) is 6.08 Å². The fourth-order valence-electron chi connectivity index (χ4n) is 1.91. The van der Waals surface area contributed by atoms with Crippen molar-refractivity contribution in [3.05, 3.63) is 65.2 Å². The predicted molar refractivity (Wildman–Crippen MR) is 67.4 cm³/mol. The molecule has 0 atom stereocenters. The fourth-order valence-corrected chi connectivity index (χ4v) is 1.91. The van der Waals surface area contributed by atoms with Crippen LogP contribution in [0.15, 0.2) is 48.2 Å². The second-order valence-corrected chi connectivity index (χ2v) is 4.14. The Kier molecular flexibility index (Phi) is 2.56. The van der Waals surface area contributed by atoms with Crippen molar-refractivity contribution in [3.8, 4) is 11.5 Å². The number of hydrogen-bond acceptors (Lipinski definition) is 3. The zero-order chi connectivity index (χ0) is 13.4. The summed E-state index contributed by atoms with van der Waals surface area (Å²) in [6, 6.07) is 10.4. The van der Waals surface area contributed by atoms with Crippen molar-refractivity contribution < 1.29 is 19.0 Å². The van der Waals surface area contributed by atoms with E-state index in [9.17, 15) is 14.3 Å². The van der Waals surface area contributed by atoms with Gasteiger partial charge in [0.05, 0.1) is 5.56 Å². The van der Waals surface area contributed by atoms with Crippen LogP contribution in [0.1, 0.15) is 15.9 Å². The second kappa shape index (κ2) is 4.24. The predicted octanol–water partition coefficient (Wildman–Crippen LogP) is 3.15. The van der Waals surface area contributed by atoms with Gasteiger partial charge in [0.1, 0.15) is 17.3 Å². The van der Waals surface area contributed by atoms with Gasteiger partial charge >= 0.3 is 0 Å². The third-order valence-electron chi connectivity index (χ3n) is 2.85. The van der Waals surface area contributed by atoms with E-state index >= 15 is 0 Å². The molecular formula is C15H9FO3. The van der Waals surface area contributed by atoms with Crippen LogP contribution in [0.3, 0.4) is 0 Å². The minimum absolute atomic E-state index is 0.0127. The number of rotatable bonds is 1. The number of ether oxygens (including phenoxy) is 1. The van der Waals surface area contributed by atoms with Gasteiger partial charge in [0, 0.05) is 11.6 Å². The van der Waals surface area contributed by atoms with Crippen LogP contribution in [-0.2, 0) is 0 Å². The Morgan fingerprint density at radius 1 is 1.16 bits per heavy atom. The molecule has 0 aliphatic carbocycles. The SMILES string of the molecule is O=C1/C(=C/c2ccccc2F)Oc2cc(O)ccc21. The molecule has 0 aromatic heterocycles. The Bertz CT molecular complexity index is 704. The van der Waals surface area contributed by atoms with Crippen molar-refractivity contribution in [3.63, 3.8) is 0 Å². The molecule has 19 heavy (non-hydrogen) atoms. The second-order valence-electron chi connectivity index (χ2n) is 4.14. The molecule has 0 saturated heterocycles. The number of benzene rings is 2. The van der Waals surface area contributed by atoms with Crippen LogP contribution in [0, 0.1) is 5.82 Å². The maximum absolute atomic E-state index is 13.5. The molecule has 3 nitrogen and oxygen atoms in total. The number of ketones is 1. The summed E-state index contributed by atoms with van der Waals surface area (Å²) >= 11 is 0. The van der Waals surface area contributed by atoms with Gasteiger partial charge in [0.15, 0.2) is 5.76 Å². The molecule has 1 aliphatic heterocycles. The van der Waals surface area contributed by atoms with Crippen LogP contribution in [0.4, 0.5) is 4.39 Å². The molecule has 0 saturated carbocycles. The zero-order valence-electron chi connectivity index (χ0n) is 9.76. The van der Waals surface area contributed by atoms with Gasteiger partial charge in [-0.05, 0) is 24.3 Å². The molecule has 94 valence electrons. The van der Waals surface area contributed by atoms with Crippen LogP contribution >= 0.6 is 0 Å². The van der Waals surface area contributed by atoms with Gasteiger partial charge in [-0.3, -0.25) is 4.79 Å². The van der Waals surface area contributed by atoms with E-state index in [0.29, 0.717) is 5.56 Å². The maximum Gasteiger partial charge on any atom is 0.231 e. The highest BCUT2D eigenvalue weighted by Gasteiger charge is 2.27. The molecule has 0 unspecified atom stereocenters. The third-order valence-corrected chi connectivity index (χ3v) is 2.85. The Labute approximate surface area is 108 Å². The monoisotopic (exact) mass is 256 g/mol. The van der Waals surface area contributed by atoms with Crippen molar-refractivity contribution in [2.75, 3.05) is 0 Å². The highest BCUT2D eigenvalue weighted by atomic mass is 19.1. The molecule has 0 spiro atoms. The van der Waals surface area contributed by atoms with Crippen LogP contribution in [-0.4, -0.2) is 10.9 Å². The van der Waals surface area contributed by atoms with Gasteiger partial charge in [-0.1, -0.05) is 18.2 Å². The van der Waals surface area contributed by atoms with E-state index in [1.54, 1.807) is 18.2 Å². The number of Topliss-reactive ketones (excluding diaryl/α,β-unsaturated/α-hetero) is 1. The fraction of sp³-hybridized carbons (Fsp3) is 0. The Morgan fingerprint density at radius 2 is 1.95 bits per heavy atom. The summed E-state index contributed by atoms with van der Waals surface area (Å²) < 4.78 is 18.9. The molecule has 2 aromatic rings. The lowest BCUT2D eigenvalue weighted by molar-refractivity contribution is 0.101. The number of aromatic hydroxyl groups is 1. The van der Waals surface area contributed by atoms with E-state index in [4.69, 9.17) is 4.74 Å². The summed E-state index contributed by atoms with van der Waals surface area (Å²) in [6.45, 7) is 0. The summed E-state index contributed by atoms with van der Waals surface area (Å²) in [4.78, 5) is 12.0. The molecule has 1 heterocycles. The Hall–Kier alpha value is -2.62. The van der Waals surface area contributed by atoms with Crippen LogP contribution in [0.5, 0.6) is 11.5 Å². The number of phenolic OH excluding ortho intramolecular Hbond substituents is 1. The lowest BCUT2D eigenvalue weighted by Crippen LogP contribution is -1.98. The summed E-state index contributed by atoms with van der Waals surface area (Å²) in [5.41, 5.74) is 0.642. The van der Waals surface area contributed by atoms with Gasteiger partial charge < -0.3 is 9.84 Å². The van der Waals surface area contributed by atoms with E-state index < -0.39 is 5.82 Å². The first-order valence-corrected chi connectivity index (χ1v) is 5.67. The molecular weight excluding hydrogens is 247 g/mol. The van der Waals surface area contributed by atoms with Gasteiger partial charge in [-0.25, -0.2) is 4.39 Å². The average molecular weight is 256 g/mol. The van der Waals surface area contributed by atoms with Crippen molar-refractivity contribution in [1.29, 1.82) is 0 Å². The standard InChI is InChI=1S/C15H9FO3/c16-12-4-2-1-3-9(12)7-14-15(18)11-6-5-10(17)8-13(11)19-14/h1-8,17H/b14-7-. The number of fused-ring (bicyclic) bond motifs is 1.